The second kappa shape index (κ2) is 5.48. The molecule has 1 aliphatic carbocycles. The van der Waals surface area contributed by atoms with Crippen molar-refractivity contribution >= 4 is 11.7 Å². The van der Waals surface area contributed by atoms with Gasteiger partial charge in [0.1, 0.15) is 5.82 Å². The van der Waals surface area contributed by atoms with Gasteiger partial charge in [0.05, 0.1) is 11.6 Å². The zero-order valence-corrected chi connectivity index (χ0v) is 13.3. The molecule has 2 N–H and O–H groups in total. The topological polar surface area (TPSA) is 49.3 Å². The van der Waals surface area contributed by atoms with Gasteiger partial charge in [-0.3, -0.25) is 0 Å². The zero-order chi connectivity index (χ0) is 16.8. The average Bonchev–Trinajstić information content (AvgIpc) is 3.05. The smallest absolute Gasteiger partial charge is 0.336 e. The molecule has 3 unspecified atom stereocenters. The number of allylic oxidation sites excluding steroid dienone is 2. The van der Waals surface area contributed by atoms with Gasteiger partial charge in [0.15, 0.2) is 0 Å². The van der Waals surface area contributed by atoms with Crippen LogP contribution in [0.25, 0.3) is 0 Å². The first-order chi connectivity index (χ1) is 11.6. The molecule has 3 atom stereocenters. The Morgan fingerprint density at radius 2 is 2.00 bits per heavy atom. The summed E-state index contributed by atoms with van der Waals surface area (Å²) in [5.74, 6) is -0.739. The van der Waals surface area contributed by atoms with Gasteiger partial charge in [-0.1, -0.05) is 36.4 Å². The molecule has 1 heterocycles. The largest absolute Gasteiger partial charge is 0.478 e. The quantitative estimate of drug-likeness (QED) is 0.790. The average molecular weight is 323 g/mol. The maximum atomic E-state index is 14.4. The first-order valence-electron chi connectivity index (χ1n) is 8.12. The summed E-state index contributed by atoms with van der Waals surface area (Å²) < 4.78 is 14.4. The summed E-state index contributed by atoms with van der Waals surface area (Å²) in [6.45, 7) is 1.81. The normalized spacial score (nSPS) is 24.2. The Morgan fingerprint density at radius 3 is 2.75 bits per heavy atom. The third-order valence-electron chi connectivity index (χ3n) is 5.27. The number of aromatic carboxylic acids is 1. The number of carboxylic acid groups (broad SMARTS) is 1. The lowest BCUT2D eigenvalue weighted by molar-refractivity contribution is 0.0696. The number of hydrogen-bond donors (Lipinski definition) is 2. The monoisotopic (exact) mass is 323 g/mol. The summed E-state index contributed by atoms with van der Waals surface area (Å²) in [6.07, 6.45) is 5.19. The standard InChI is InChI=1S/C20H18FNO2/c1-11-12(20(23)24)9-10-15-13-6-4-7-14(13)19(22-18(11)15)16-5-2-3-8-17(16)21/h2-6,8-10,13-14,19,22H,7H2,1H3,(H,23,24). The summed E-state index contributed by atoms with van der Waals surface area (Å²) in [6, 6.07) is 10.2. The van der Waals surface area contributed by atoms with E-state index in [2.05, 4.69) is 17.5 Å². The van der Waals surface area contributed by atoms with E-state index in [1.807, 2.05) is 25.1 Å². The molecule has 4 rings (SSSR count). The van der Waals surface area contributed by atoms with Crippen LogP contribution in [0.2, 0.25) is 0 Å². The van der Waals surface area contributed by atoms with Crippen molar-refractivity contribution in [1.82, 2.24) is 0 Å². The van der Waals surface area contributed by atoms with E-state index >= 15 is 0 Å². The maximum Gasteiger partial charge on any atom is 0.336 e. The van der Waals surface area contributed by atoms with Crippen LogP contribution in [-0.2, 0) is 0 Å². The fourth-order valence-electron chi connectivity index (χ4n) is 4.08. The van der Waals surface area contributed by atoms with Crippen molar-refractivity contribution < 1.29 is 14.3 Å². The van der Waals surface area contributed by atoms with Crippen molar-refractivity contribution in [2.75, 3.05) is 5.32 Å². The van der Waals surface area contributed by atoms with Crippen LogP contribution in [-0.4, -0.2) is 11.1 Å². The second-order valence-corrected chi connectivity index (χ2v) is 6.50. The SMILES string of the molecule is Cc1c(C(=O)O)ccc2c1NC(c1ccccc1F)C1CC=CC21. The third kappa shape index (κ3) is 2.13. The first kappa shape index (κ1) is 14.9. The molecule has 1 aliphatic heterocycles. The molecule has 0 saturated heterocycles. The Morgan fingerprint density at radius 1 is 1.21 bits per heavy atom. The molecule has 3 nitrogen and oxygen atoms in total. The summed E-state index contributed by atoms with van der Waals surface area (Å²) in [4.78, 5) is 11.4. The van der Waals surface area contributed by atoms with Crippen molar-refractivity contribution in [2.24, 2.45) is 5.92 Å². The Bertz CT molecular complexity index is 859. The zero-order valence-electron chi connectivity index (χ0n) is 13.3. The van der Waals surface area contributed by atoms with Gasteiger partial charge in [-0.15, -0.1) is 0 Å². The van der Waals surface area contributed by atoms with E-state index in [0.29, 0.717) is 11.1 Å². The van der Waals surface area contributed by atoms with Crippen LogP contribution in [0.1, 0.15) is 45.4 Å². The molecule has 0 amide bonds. The highest BCUT2D eigenvalue weighted by Gasteiger charge is 2.39. The molecule has 0 bridgehead atoms. The molecular formula is C20H18FNO2. The fourth-order valence-corrected chi connectivity index (χ4v) is 4.08. The summed E-state index contributed by atoms with van der Waals surface area (Å²) in [5.41, 5.74) is 3.57. The number of rotatable bonds is 2. The molecule has 2 aromatic carbocycles. The van der Waals surface area contributed by atoms with Crippen LogP contribution in [0.15, 0.2) is 48.6 Å². The van der Waals surface area contributed by atoms with E-state index in [1.165, 1.54) is 6.07 Å². The molecule has 0 fully saturated rings. The Balaban J connectivity index is 1.87. The molecule has 0 radical (unpaired) electrons. The van der Waals surface area contributed by atoms with Crippen LogP contribution in [0, 0.1) is 18.7 Å². The van der Waals surface area contributed by atoms with Gasteiger partial charge in [0, 0.05) is 17.2 Å². The van der Waals surface area contributed by atoms with Gasteiger partial charge in [-0.25, -0.2) is 9.18 Å². The summed E-state index contributed by atoms with van der Waals surface area (Å²) in [5, 5.41) is 12.8. The maximum absolute atomic E-state index is 14.4. The molecular weight excluding hydrogens is 305 g/mol. The number of halogens is 1. The minimum absolute atomic E-state index is 0.165. The van der Waals surface area contributed by atoms with Crippen LogP contribution in [0.4, 0.5) is 10.1 Å². The van der Waals surface area contributed by atoms with E-state index < -0.39 is 5.97 Å². The van der Waals surface area contributed by atoms with E-state index in [0.717, 1.165) is 17.7 Å². The van der Waals surface area contributed by atoms with Gasteiger partial charge in [-0.05, 0) is 42.5 Å². The molecule has 4 heteroatoms. The summed E-state index contributed by atoms with van der Waals surface area (Å²) >= 11 is 0. The van der Waals surface area contributed by atoms with Gasteiger partial charge >= 0.3 is 5.97 Å². The third-order valence-corrected chi connectivity index (χ3v) is 5.27. The number of fused-ring (bicyclic) bond motifs is 3. The number of benzene rings is 2. The Labute approximate surface area is 139 Å². The number of carboxylic acids is 1. The van der Waals surface area contributed by atoms with Crippen LogP contribution in [0.5, 0.6) is 0 Å². The Hall–Kier alpha value is -2.62. The number of nitrogens with one attached hydrogen (secondary N) is 1. The van der Waals surface area contributed by atoms with Crippen molar-refractivity contribution in [3.8, 4) is 0 Å². The Kier molecular flexibility index (Phi) is 3.41. The van der Waals surface area contributed by atoms with Gasteiger partial charge in [0.2, 0.25) is 0 Å². The number of anilines is 1. The first-order valence-corrected chi connectivity index (χ1v) is 8.12. The van der Waals surface area contributed by atoms with E-state index in [9.17, 15) is 14.3 Å². The molecule has 24 heavy (non-hydrogen) atoms. The second-order valence-electron chi connectivity index (χ2n) is 6.50. The van der Waals surface area contributed by atoms with Crippen molar-refractivity contribution in [3.05, 3.63) is 76.6 Å². The fraction of sp³-hybridized carbons (Fsp3) is 0.250. The van der Waals surface area contributed by atoms with Gasteiger partial charge < -0.3 is 10.4 Å². The van der Waals surface area contributed by atoms with Crippen molar-refractivity contribution in [1.29, 1.82) is 0 Å². The van der Waals surface area contributed by atoms with E-state index in [1.54, 1.807) is 12.1 Å². The highest BCUT2D eigenvalue weighted by Crippen LogP contribution is 2.51. The molecule has 0 saturated carbocycles. The molecule has 122 valence electrons. The molecule has 0 spiro atoms. The van der Waals surface area contributed by atoms with Crippen molar-refractivity contribution in [3.63, 3.8) is 0 Å². The van der Waals surface area contributed by atoms with Crippen LogP contribution >= 0.6 is 0 Å². The lowest BCUT2D eigenvalue weighted by Gasteiger charge is -2.38. The van der Waals surface area contributed by atoms with Crippen LogP contribution < -0.4 is 5.32 Å². The van der Waals surface area contributed by atoms with Crippen LogP contribution in [0.3, 0.4) is 0 Å². The predicted molar refractivity (Wildman–Crippen MR) is 90.9 cm³/mol. The highest BCUT2D eigenvalue weighted by atomic mass is 19.1. The molecule has 2 aromatic rings. The van der Waals surface area contributed by atoms with E-state index in [-0.39, 0.29) is 29.3 Å². The van der Waals surface area contributed by atoms with Gasteiger partial charge in [-0.2, -0.15) is 0 Å². The van der Waals surface area contributed by atoms with E-state index in [4.69, 9.17) is 0 Å². The predicted octanol–water partition coefficient (Wildman–Crippen LogP) is 4.66. The lowest BCUT2D eigenvalue weighted by atomic mass is 9.76. The number of carbonyl (C=O) groups is 1. The number of hydrogen-bond acceptors (Lipinski definition) is 2. The molecule has 2 aliphatic rings. The van der Waals surface area contributed by atoms with Gasteiger partial charge in [0.25, 0.3) is 0 Å². The highest BCUT2D eigenvalue weighted by molar-refractivity contribution is 5.92. The minimum Gasteiger partial charge on any atom is -0.478 e. The lowest BCUT2D eigenvalue weighted by Crippen LogP contribution is -2.30. The molecule has 0 aromatic heterocycles. The van der Waals surface area contributed by atoms with Crippen molar-refractivity contribution in [2.45, 2.75) is 25.3 Å². The minimum atomic E-state index is -0.941. The summed E-state index contributed by atoms with van der Waals surface area (Å²) in [7, 11) is 0.